The third kappa shape index (κ3) is 3.21. The molecule has 1 aromatic carbocycles. The van der Waals surface area contributed by atoms with E-state index >= 15 is 0 Å². The van der Waals surface area contributed by atoms with Crippen LogP contribution in [-0.2, 0) is 18.3 Å². The highest BCUT2D eigenvalue weighted by Gasteiger charge is 2.31. The molecule has 0 bridgehead atoms. The van der Waals surface area contributed by atoms with E-state index in [1.54, 1.807) is 13.3 Å². The fraction of sp³-hybridized carbons (Fsp3) is 0.412. The summed E-state index contributed by atoms with van der Waals surface area (Å²) in [6, 6.07) is 8.03. The molecule has 2 aromatic rings. The molecule has 3 rings (SSSR count). The van der Waals surface area contributed by atoms with Crippen molar-refractivity contribution in [3.63, 3.8) is 0 Å². The molecule has 0 spiro atoms. The van der Waals surface area contributed by atoms with Crippen LogP contribution in [0.2, 0.25) is 0 Å². The first-order chi connectivity index (χ1) is 11.2. The van der Waals surface area contributed by atoms with Gasteiger partial charge in [0.1, 0.15) is 23.7 Å². The van der Waals surface area contributed by atoms with Crippen LogP contribution in [-0.4, -0.2) is 29.3 Å². The van der Waals surface area contributed by atoms with Gasteiger partial charge in [-0.1, -0.05) is 6.07 Å². The molecule has 0 saturated carbocycles. The van der Waals surface area contributed by atoms with E-state index in [4.69, 9.17) is 14.7 Å². The molecule has 1 aromatic heterocycles. The lowest BCUT2D eigenvalue weighted by atomic mass is 10.1. The SMILES string of the molecule is COc1ccc(CN[C@H]2CCO[C@@H]2c2nccn2C)cc1C#N. The van der Waals surface area contributed by atoms with Crippen molar-refractivity contribution in [2.45, 2.75) is 25.1 Å². The fourth-order valence-corrected chi connectivity index (χ4v) is 2.91. The van der Waals surface area contributed by atoms with E-state index < -0.39 is 0 Å². The molecule has 1 fully saturated rings. The Morgan fingerprint density at radius 1 is 1.52 bits per heavy atom. The summed E-state index contributed by atoms with van der Waals surface area (Å²) in [5, 5.41) is 12.7. The van der Waals surface area contributed by atoms with Gasteiger partial charge in [-0.2, -0.15) is 5.26 Å². The second-order valence-corrected chi connectivity index (χ2v) is 5.61. The second-order valence-electron chi connectivity index (χ2n) is 5.61. The molecule has 0 amide bonds. The van der Waals surface area contributed by atoms with Crippen LogP contribution in [0, 0.1) is 11.3 Å². The summed E-state index contributed by atoms with van der Waals surface area (Å²) in [5.74, 6) is 1.54. The van der Waals surface area contributed by atoms with Gasteiger partial charge in [0.2, 0.25) is 0 Å². The van der Waals surface area contributed by atoms with Gasteiger partial charge in [0.05, 0.1) is 12.7 Å². The number of imidazole rings is 1. The zero-order valence-corrected chi connectivity index (χ0v) is 13.3. The summed E-state index contributed by atoms with van der Waals surface area (Å²) >= 11 is 0. The molecule has 23 heavy (non-hydrogen) atoms. The molecule has 0 radical (unpaired) electrons. The third-order valence-electron chi connectivity index (χ3n) is 4.16. The summed E-state index contributed by atoms with van der Waals surface area (Å²) in [7, 11) is 3.55. The Kier molecular flexibility index (Phi) is 4.60. The maximum absolute atomic E-state index is 9.17. The Bertz CT molecular complexity index is 720. The van der Waals surface area contributed by atoms with Crippen molar-refractivity contribution in [2.75, 3.05) is 13.7 Å². The number of rotatable bonds is 5. The molecule has 1 aliphatic heterocycles. The standard InChI is InChI=1S/C17H20N4O2/c1-21-7-6-19-17(21)16-14(5-8-23-16)20-11-12-3-4-15(22-2)13(9-12)10-18/h3-4,6-7,9,14,16,20H,5,8,11H2,1-2H3/t14-,16-/m0/s1. The molecule has 2 heterocycles. The van der Waals surface area contributed by atoms with Crippen molar-refractivity contribution in [1.29, 1.82) is 5.26 Å². The monoisotopic (exact) mass is 312 g/mol. The number of nitrogens with zero attached hydrogens (tertiary/aromatic N) is 3. The van der Waals surface area contributed by atoms with Crippen LogP contribution in [0.15, 0.2) is 30.6 Å². The number of aromatic nitrogens is 2. The first-order valence-corrected chi connectivity index (χ1v) is 7.62. The molecule has 0 unspecified atom stereocenters. The zero-order chi connectivity index (χ0) is 16.2. The Hall–Kier alpha value is -2.36. The van der Waals surface area contributed by atoms with Gasteiger partial charge >= 0.3 is 0 Å². The van der Waals surface area contributed by atoms with Crippen molar-refractivity contribution in [2.24, 2.45) is 7.05 Å². The molecule has 6 nitrogen and oxygen atoms in total. The number of hydrogen-bond donors (Lipinski definition) is 1. The zero-order valence-electron chi connectivity index (χ0n) is 13.3. The van der Waals surface area contributed by atoms with Crippen molar-refractivity contribution >= 4 is 0 Å². The topological polar surface area (TPSA) is 72.1 Å². The molecule has 1 aliphatic rings. The highest BCUT2D eigenvalue weighted by Crippen LogP contribution is 2.28. The lowest BCUT2D eigenvalue weighted by Gasteiger charge is -2.20. The van der Waals surface area contributed by atoms with E-state index in [1.807, 2.05) is 36.0 Å². The van der Waals surface area contributed by atoms with Gasteiger partial charge in [-0.05, 0) is 24.1 Å². The van der Waals surface area contributed by atoms with Crippen LogP contribution in [0.1, 0.15) is 29.5 Å². The summed E-state index contributed by atoms with van der Waals surface area (Å²) in [5.41, 5.74) is 1.60. The van der Waals surface area contributed by atoms with Crippen molar-refractivity contribution in [3.8, 4) is 11.8 Å². The average molecular weight is 312 g/mol. The second kappa shape index (κ2) is 6.82. The van der Waals surface area contributed by atoms with E-state index in [9.17, 15) is 0 Å². The van der Waals surface area contributed by atoms with E-state index in [0.717, 1.165) is 24.4 Å². The minimum atomic E-state index is -0.0383. The van der Waals surface area contributed by atoms with E-state index in [-0.39, 0.29) is 12.1 Å². The largest absolute Gasteiger partial charge is 0.495 e. The quantitative estimate of drug-likeness (QED) is 0.913. The minimum Gasteiger partial charge on any atom is -0.495 e. The van der Waals surface area contributed by atoms with Gasteiger partial charge in [-0.25, -0.2) is 4.98 Å². The summed E-state index contributed by atoms with van der Waals surface area (Å²) in [4.78, 5) is 4.39. The van der Waals surface area contributed by atoms with Gasteiger partial charge < -0.3 is 19.4 Å². The number of methoxy groups -OCH3 is 1. The van der Waals surface area contributed by atoms with Gasteiger partial charge in [-0.15, -0.1) is 0 Å². The summed E-state index contributed by atoms with van der Waals surface area (Å²) < 4.78 is 13.0. The van der Waals surface area contributed by atoms with Gasteiger partial charge in [0.25, 0.3) is 0 Å². The number of aryl methyl sites for hydroxylation is 1. The predicted octanol–water partition coefficient (Wildman–Crippen LogP) is 1.92. The smallest absolute Gasteiger partial charge is 0.139 e. The van der Waals surface area contributed by atoms with Gasteiger partial charge in [-0.3, -0.25) is 0 Å². The first-order valence-electron chi connectivity index (χ1n) is 7.62. The number of nitriles is 1. The number of benzene rings is 1. The van der Waals surface area contributed by atoms with Gasteiger partial charge in [0.15, 0.2) is 0 Å². The summed E-state index contributed by atoms with van der Waals surface area (Å²) in [6.45, 7) is 1.40. The molecule has 2 atom stereocenters. The molecule has 120 valence electrons. The molecule has 0 aliphatic carbocycles. The van der Waals surface area contributed by atoms with Crippen LogP contribution in [0.5, 0.6) is 5.75 Å². The van der Waals surface area contributed by atoms with E-state index in [1.165, 1.54) is 0 Å². The average Bonchev–Trinajstić information content (AvgIpc) is 3.20. The van der Waals surface area contributed by atoms with Crippen LogP contribution in [0.4, 0.5) is 0 Å². The van der Waals surface area contributed by atoms with E-state index in [2.05, 4.69) is 16.4 Å². The predicted molar refractivity (Wildman–Crippen MR) is 84.9 cm³/mol. The highest BCUT2D eigenvalue weighted by atomic mass is 16.5. The van der Waals surface area contributed by atoms with Crippen molar-refractivity contribution in [1.82, 2.24) is 14.9 Å². The Balaban J connectivity index is 1.68. The van der Waals surface area contributed by atoms with E-state index in [0.29, 0.717) is 17.9 Å². The lowest BCUT2D eigenvalue weighted by molar-refractivity contribution is 0.0893. The minimum absolute atomic E-state index is 0.0383. The molecule has 1 saturated heterocycles. The normalized spacial score (nSPS) is 20.4. The Morgan fingerprint density at radius 2 is 2.39 bits per heavy atom. The maximum atomic E-state index is 9.17. The van der Waals surface area contributed by atoms with Gasteiger partial charge in [0, 0.05) is 38.6 Å². The number of ether oxygens (including phenoxy) is 2. The molecule has 6 heteroatoms. The van der Waals surface area contributed by atoms with Crippen LogP contribution >= 0.6 is 0 Å². The number of hydrogen-bond acceptors (Lipinski definition) is 5. The van der Waals surface area contributed by atoms with Crippen LogP contribution in [0.3, 0.4) is 0 Å². The molecular weight excluding hydrogens is 292 g/mol. The Labute approximate surface area is 135 Å². The molecule has 1 N–H and O–H groups in total. The van der Waals surface area contributed by atoms with Crippen molar-refractivity contribution in [3.05, 3.63) is 47.5 Å². The van der Waals surface area contributed by atoms with Crippen LogP contribution in [0.25, 0.3) is 0 Å². The maximum Gasteiger partial charge on any atom is 0.139 e. The fourth-order valence-electron chi connectivity index (χ4n) is 2.91. The lowest BCUT2D eigenvalue weighted by Crippen LogP contribution is -2.32. The Morgan fingerprint density at radius 3 is 3.09 bits per heavy atom. The highest BCUT2D eigenvalue weighted by molar-refractivity contribution is 5.45. The van der Waals surface area contributed by atoms with Crippen molar-refractivity contribution < 1.29 is 9.47 Å². The number of nitrogens with one attached hydrogen (secondary N) is 1. The molecular formula is C17H20N4O2. The summed E-state index contributed by atoms with van der Waals surface area (Å²) in [6.07, 6.45) is 4.62. The first kappa shape index (κ1) is 15.5. The third-order valence-corrected chi connectivity index (χ3v) is 4.16. The van der Waals surface area contributed by atoms with Crippen LogP contribution < -0.4 is 10.1 Å².